The zero-order valence-electron chi connectivity index (χ0n) is 11.9. The van der Waals surface area contributed by atoms with E-state index in [4.69, 9.17) is 5.26 Å². The van der Waals surface area contributed by atoms with E-state index < -0.39 is 17.5 Å². The molecule has 0 spiro atoms. The Bertz CT molecular complexity index is 520. The van der Waals surface area contributed by atoms with Crippen molar-refractivity contribution in [1.29, 1.82) is 5.26 Å². The first kappa shape index (κ1) is 17.9. The summed E-state index contributed by atoms with van der Waals surface area (Å²) in [5.41, 5.74) is -2.37. The molecule has 22 heavy (non-hydrogen) atoms. The molecule has 8 heteroatoms. The quantitative estimate of drug-likeness (QED) is 0.540. The summed E-state index contributed by atoms with van der Waals surface area (Å²) < 4.78 is 39.4. The van der Waals surface area contributed by atoms with Gasteiger partial charge in [-0.2, -0.15) is 18.4 Å². The number of amides is 1. The normalized spacial score (nSPS) is 29.5. The van der Waals surface area contributed by atoms with Crippen LogP contribution in [-0.2, 0) is 37.5 Å². The van der Waals surface area contributed by atoms with Gasteiger partial charge in [-0.05, 0) is 18.9 Å². The number of piperazine rings is 1. The second-order valence-corrected chi connectivity index (χ2v) is 6.08. The fourth-order valence-electron chi connectivity index (χ4n) is 3.24. The van der Waals surface area contributed by atoms with Crippen molar-refractivity contribution in [3.05, 3.63) is 17.0 Å². The van der Waals surface area contributed by atoms with Crippen LogP contribution >= 0.6 is 0 Å². The molecule has 0 aromatic heterocycles. The van der Waals surface area contributed by atoms with Gasteiger partial charge in [-0.1, -0.05) is 12.8 Å². The average Bonchev–Trinajstić information content (AvgIpc) is 2.35. The van der Waals surface area contributed by atoms with E-state index in [1.165, 1.54) is 4.90 Å². The predicted octanol–water partition coefficient (Wildman–Crippen LogP) is 2.52. The number of halogens is 3. The summed E-state index contributed by atoms with van der Waals surface area (Å²) in [5.74, 6) is -0.586. The second kappa shape index (κ2) is 6.22. The van der Waals surface area contributed by atoms with Crippen LogP contribution in [0.25, 0.3) is 5.32 Å². The Labute approximate surface area is 152 Å². The van der Waals surface area contributed by atoms with Crippen molar-refractivity contribution >= 4 is 5.91 Å². The minimum atomic E-state index is -4.41. The maximum Gasteiger partial charge on any atom is 0.397 e. The van der Waals surface area contributed by atoms with Crippen molar-refractivity contribution in [3.63, 3.8) is 0 Å². The molecular weight excluding hydrogens is 372 g/mol. The van der Waals surface area contributed by atoms with Crippen molar-refractivity contribution in [2.45, 2.75) is 43.9 Å². The largest absolute Gasteiger partial charge is 0.654 e. The van der Waals surface area contributed by atoms with Crippen LogP contribution in [0.1, 0.15) is 25.7 Å². The van der Waals surface area contributed by atoms with Crippen LogP contribution in [0.3, 0.4) is 0 Å². The number of piperidine rings is 1. The fraction of sp³-hybridized carbons (Fsp3) is 0.714. The topological polar surface area (TPSA) is 58.2 Å². The van der Waals surface area contributed by atoms with Gasteiger partial charge in [-0.15, -0.1) is 12.1 Å². The van der Waals surface area contributed by atoms with Crippen LogP contribution < -0.4 is 0 Å². The summed E-state index contributed by atoms with van der Waals surface area (Å²) in [6, 6.07) is 1.85. The number of rotatable bonds is 2. The number of allylic oxidation sites excluding steroid dienone is 1. The Balaban J connectivity index is 0.00000176. The van der Waals surface area contributed by atoms with Gasteiger partial charge in [0, 0.05) is 45.8 Å². The Kier molecular flexibility index (Phi) is 5.06. The molecule has 4 aliphatic rings. The van der Waals surface area contributed by atoms with E-state index in [2.05, 4.69) is 5.32 Å². The minimum Gasteiger partial charge on any atom is -0.654 e. The number of alkyl halides is 3. The second-order valence-electron chi connectivity index (χ2n) is 6.08. The Hall–Kier alpha value is -0.446. The number of carbonyl (C=O) groups is 1. The number of fused-ring (bicyclic) bond motifs is 2. The summed E-state index contributed by atoms with van der Waals surface area (Å²) >= 11 is 0. The maximum absolute atomic E-state index is 13.1. The SMILES string of the molecule is N#C/C(=C\C1(C(F)(F)F)CCC1)C(=O)N1CC2CC(C1)[N-]2.[Y]. The summed E-state index contributed by atoms with van der Waals surface area (Å²) in [7, 11) is 0. The van der Waals surface area contributed by atoms with Gasteiger partial charge in [0.2, 0.25) is 0 Å². The van der Waals surface area contributed by atoms with Crippen molar-refractivity contribution < 1.29 is 50.7 Å². The van der Waals surface area contributed by atoms with Gasteiger partial charge in [0.15, 0.2) is 0 Å². The Morgan fingerprint density at radius 3 is 2.23 bits per heavy atom. The number of nitriles is 1. The fourth-order valence-corrected chi connectivity index (χ4v) is 3.24. The van der Waals surface area contributed by atoms with Crippen molar-refractivity contribution in [3.8, 4) is 6.07 Å². The average molecular weight is 387 g/mol. The molecule has 1 aliphatic carbocycles. The Morgan fingerprint density at radius 1 is 1.32 bits per heavy atom. The molecule has 117 valence electrons. The molecule has 4 fully saturated rings. The molecule has 0 aromatic rings. The molecule has 0 aromatic carbocycles. The zero-order valence-corrected chi connectivity index (χ0v) is 14.8. The molecule has 2 atom stereocenters. The van der Waals surface area contributed by atoms with E-state index in [1.54, 1.807) is 6.07 Å². The number of carbonyl (C=O) groups excluding carboxylic acids is 1. The molecule has 3 heterocycles. The zero-order chi connectivity index (χ0) is 15.3. The molecule has 4 rings (SSSR count). The van der Waals surface area contributed by atoms with Crippen molar-refractivity contribution in [1.82, 2.24) is 4.90 Å². The summed E-state index contributed by atoms with van der Waals surface area (Å²) in [6.45, 7) is 0.820. The first-order chi connectivity index (χ1) is 9.84. The van der Waals surface area contributed by atoms with E-state index in [0.717, 1.165) is 12.5 Å². The van der Waals surface area contributed by atoms with Crippen molar-refractivity contribution in [2.75, 3.05) is 13.1 Å². The molecule has 1 radical (unpaired) electrons. The third-order valence-corrected chi connectivity index (χ3v) is 4.70. The van der Waals surface area contributed by atoms with E-state index in [0.29, 0.717) is 19.5 Å². The standard InChI is InChI=1S/C14H15F3N3O.Y/c15-14(16,17)13(2-1-3-13)5-9(6-18)12(21)20-7-10-4-11(8-20)19-10;/h5,10-11H,1-4,7-8H2;/q-1;/b9-5+;. The minimum absolute atomic E-state index is 0. The molecule has 3 aliphatic heterocycles. The van der Waals surface area contributed by atoms with Gasteiger partial charge >= 0.3 is 6.18 Å². The van der Waals surface area contributed by atoms with Gasteiger partial charge < -0.3 is 10.2 Å². The van der Waals surface area contributed by atoms with Gasteiger partial charge in [0.1, 0.15) is 11.6 Å². The first-order valence-electron chi connectivity index (χ1n) is 7.03. The molecule has 2 unspecified atom stereocenters. The molecule has 1 saturated carbocycles. The predicted molar refractivity (Wildman–Crippen MR) is 68.2 cm³/mol. The molecule has 2 bridgehead atoms. The molecule has 0 N–H and O–H groups in total. The summed E-state index contributed by atoms with van der Waals surface area (Å²) in [4.78, 5) is 13.7. The van der Waals surface area contributed by atoms with Crippen LogP contribution in [0.2, 0.25) is 0 Å². The van der Waals surface area contributed by atoms with E-state index in [1.807, 2.05) is 0 Å². The third kappa shape index (κ3) is 2.98. The number of nitrogens with zero attached hydrogens (tertiary/aromatic N) is 3. The monoisotopic (exact) mass is 387 g/mol. The molecule has 1 amide bonds. The van der Waals surface area contributed by atoms with E-state index in [9.17, 15) is 18.0 Å². The van der Waals surface area contributed by atoms with E-state index in [-0.39, 0.29) is 63.2 Å². The van der Waals surface area contributed by atoms with Gasteiger partial charge in [0.25, 0.3) is 5.91 Å². The number of hydrogen-bond donors (Lipinski definition) is 0. The van der Waals surface area contributed by atoms with Gasteiger partial charge in [-0.3, -0.25) is 4.79 Å². The maximum atomic E-state index is 13.1. The smallest absolute Gasteiger partial charge is 0.397 e. The van der Waals surface area contributed by atoms with Gasteiger partial charge in [-0.25, -0.2) is 0 Å². The molecule has 3 saturated heterocycles. The van der Waals surface area contributed by atoms with Crippen LogP contribution in [0.15, 0.2) is 11.6 Å². The summed E-state index contributed by atoms with van der Waals surface area (Å²) in [5, 5.41) is 13.4. The van der Waals surface area contributed by atoms with Crippen LogP contribution in [0, 0.1) is 16.7 Å². The van der Waals surface area contributed by atoms with Crippen molar-refractivity contribution in [2.24, 2.45) is 5.41 Å². The van der Waals surface area contributed by atoms with Gasteiger partial charge in [0.05, 0.1) is 5.41 Å². The van der Waals surface area contributed by atoms with Crippen LogP contribution in [-0.4, -0.2) is 42.2 Å². The molecular formula is C14H15F3N3OY-. The van der Waals surface area contributed by atoms with Crippen LogP contribution in [0.4, 0.5) is 13.2 Å². The first-order valence-corrected chi connectivity index (χ1v) is 7.03. The van der Waals surface area contributed by atoms with Crippen LogP contribution in [0.5, 0.6) is 0 Å². The summed E-state index contributed by atoms with van der Waals surface area (Å²) in [6.07, 6.45) is -2.24. The third-order valence-electron chi connectivity index (χ3n) is 4.70. The number of hydrogen-bond acceptors (Lipinski definition) is 2. The van der Waals surface area contributed by atoms with E-state index >= 15 is 0 Å². The molecule has 4 nitrogen and oxygen atoms in total. The Morgan fingerprint density at radius 2 is 1.86 bits per heavy atom.